The van der Waals surface area contributed by atoms with E-state index in [-0.39, 0.29) is 25.1 Å². The van der Waals surface area contributed by atoms with Gasteiger partial charge in [-0.1, -0.05) is 20.3 Å². The fourth-order valence-electron chi connectivity index (χ4n) is 2.75. The van der Waals surface area contributed by atoms with Crippen LogP contribution in [0.1, 0.15) is 31.0 Å². The average Bonchev–Trinajstić information content (AvgIpc) is 3.14. The average molecular weight is 405 g/mol. The number of hydrogen-bond donors (Lipinski definition) is 1. The molecule has 146 valence electrons. The third-order valence-corrected chi connectivity index (χ3v) is 5.66. The van der Waals surface area contributed by atoms with E-state index in [1.807, 2.05) is 13.8 Å². The standard InChI is InChI=1S/C15H23N3O6S2/c1-4-10(2)13(14(19)20)18-6-5-17(15(18)21)7-11-9-25-12(16-11)8-24-26(3,22)23/h9-10,13H,4-8H2,1-3H3,(H,19,20)/t10-,13-/m0/s1. The Morgan fingerprint density at radius 1 is 1.46 bits per heavy atom. The summed E-state index contributed by atoms with van der Waals surface area (Å²) in [6.45, 7) is 4.60. The van der Waals surface area contributed by atoms with Crippen molar-refractivity contribution in [3.05, 3.63) is 16.1 Å². The molecule has 0 saturated carbocycles. The number of hydrogen-bond acceptors (Lipinski definition) is 7. The maximum Gasteiger partial charge on any atom is 0.326 e. The Labute approximate surface area is 156 Å². The first kappa shape index (κ1) is 20.6. The summed E-state index contributed by atoms with van der Waals surface area (Å²) >= 11 is 1.25. The lowest BCUT2D eigenvalue weighted by atomic mass is 9.98. The van der Waals surface area contributed by atoms with E-state index in [0.717, 1.165) is 6.26 Å². The van der Waals surface area contributed by atoms with Crippen molar-refractivity contribution in [1.82, 2.24) is 14.8 Å². The minimum absolute atomic E-state index is 0.140. The molecule has 2 atom stereocenters. The van der Waals surface area contributed by atoms with Crippen molar-refractivity contribution < 1.29 is 27.3 Å². The number of carboxylic acid groups (broad SMARTS) is 1. The summed E-state index contributed by atoms with van der Waals surface area (Å²) in [6, 6.07) is -1.16. The molecule has 0 bridgehead atoms. The number of nitrogens with zero attached hydrogens (tertiary/aromatic N) is 3. The van der Waals surface area contributed by atoms with E-state index in [4.69, 9.17) is 4.18 Å². The number of amides is 2. The van der Waals surface area contributed by atoms with Crippen LogP contribution in [0.4, 0.5) is 4.79 Å². The Balaban J connectivity index is 2.00. The normalized spacial score (nSPS) is 17.6. The maximum absolute atomic E-state index is 12.6. The molecule has 1 aromatic rings. The van der Waals surface area contributed by atoms with Crippen LogP contribution in [0.25, 0.3) is 0 Å². The molecular weight excluding hydrogens is 382 g/mol. The molecule has 1 saturated heterocycles. The lowest BCUT2D eigenvalue weighted by molar-refractivity contribution is -0.143. The molecule has 0 aromatic carbocycles. The molecule has 2 amide bonds. The number of carbonyl (C=O) groups is 2. The number of urea groups is 1. The first-order valence-corrected chi connectivity index (χ1v) is 10.9. The zero-order chi connectivity index (χ0) is 19.5. The van der Waals surface area contributed by atoms with Crippen LogP contribution in [-0.4, -0.2) is 65.7 Å². The van der Waals surface area contributed by atoms with E-state index < -0.39 is 22.1 Å². The molecule has 1 aliphatic rings. The second kappa shape index (κ2) is 8.31. The predicted octanol–water partition coefficient (Wildman–Crippen LogP) is 1.36. The van der Waals surface area contributed by atoms with Crippen molar-refractivity contribution in [3.63, 3.8) is 0 Å². The second-order valence-electron chi connectivity index (χ2n) is 6.27. The van der Waals surface area contributed by atoms with Gasteiger partial charge in [0.25, 0.3) is 10.1 Å². The van der Waals surface area contributed by atoms with Crippen LogP contribution in [0, 0.1) is 5.92 Å². The molecule has 2 rings (SSSR count). The number of carbonyl (C=O) groups excluding carboxylic acids is 1. The van der Waals surface area contributed by atoms with Gasteiger partial charge in [0.05, 0.1) is 18.5 Å². The van der Waals surface area contributed by atoms with Crippen LogP contribution < -0.4 is 0 Å². The van der Waals surface area contributed by atoms with Crippen molar-refractivity contribution >= 4 is 33.5 Å². The molecule has 9 nitrogen and oxygen atoms in total. The number of aliphatic carboxylic acids is 1. The Bertz CT molecular complexity index is 763. The van der Waals surface area contributed by atoms with Crippen LogP contribution in [0.5, 0.6) is 0 Å². The van der Waals surface area contributed by atoms with E-state index in [2.05, 4.69) is 4.98 Å². The summed E-state index contributed by atoms with van der Waals surface area (Å²) in [5.41, 5.74) is 0.618. The first-order chi connectivity index (χ1) is 12.1. The smallest absolute Gasteiger partial charge is 0.326 e. The highest BCUT2D eigenvalue weighted by Crippen LogP contribution is 2.22. The molecule has 0 unspecified atom stereocenters. The van der Waals surface area contributed by atoms with Gasteiger partial charge in [-0.2, -0.15) is 8.42 Å². The highest BCUT2D eigenvalue weighted by atomic mass is 32.2. The first-order valence-electron chi connectivity index (χ1n) is 8.18. The maximum atomic E-state index is 12.6. The van der Waals surface area contributed by atoms with Crippen LogP contribution in [0.3, 0.4) is 0 Å². The fourth-order valence-corrected chi connectivity index (χ4v) is 3.85. The summed E-state index contributed by atoms with van der Waals surface area (Å²) in [7, 11) is -3.54. The van der Waals surface area contributed by atoms with E-state index in [0.29, 0.717) is 30.2 Å². The molecule has 0 radical (unpaired) electrons. The minimum atomic E-state index is -3.54. The zero-order valence-electron chi connectivity index (χ0n) is 14.9. The van der Waals surface area contributed by atoms with Crippen molar-refractivity contribution in [1.29, 1.82) is 0 Å². The molecule has 1 aliphatic heterocycles. The topological polar surface area (TPSA) is 117 Å². The highest BCUT2D eigenvalue weighted by Gasteiger charge is 2.39. The van der Waals surface area contributed by atoms with Gasteiger partial charge in [-0.3, -0.25) is 4.18 Å². The van der Waals surface area contributed by atoms with Crippen LogP contribution in [0.15, 0.2) is 5.38 Å². The van der Waals surface area contributed by atoms with E-state index >= 15 is 0 Å². The van der Waals surface area contributed by atoms with Crippen molar-refractivity contribution in [2.45, 2.75) is 39.5 Å². The van der Waals surface area contributed by atoms with Gasteiger partial charge < -0.3 is 14.9 Å². The molecule has 0 aliphatic carbocycles. The Morgan fingerprint density at radius 3 is 2.73 bits per heavy atom. The quantitative estimate of drug-likeness (QED) is 0.616. The Kier molecular flexibility index (Phi) is 6.58. The summed E-state index contributed by atoms with van der Waals surface area (Å²) < 4.78 is 26.7. The number of rotatable bonds is 9. The summed E-state index contributed by atoms with van der Waals surface area (Å²) in [5.74, 6) is -1.14. The lowest BCUT2D eigenvalue weighted by Gasteiger charge is -2.28. The van der Waals surface area contributed by atoms with Gasteiger partial charge in [0.15, 0.2) is 0 Å². The van der Waals surface area contributed by atoms with Crippen LogP contribution in [0.2, 0.25) is 0 Å². The number of aromatic nitrogens is 1. The van der Waals surface area contributed by atoms with Gasteiger partial charge in [0, 0.05) is 18.5 Å². The number of carboxylic acids is 1. The molecular formula is C15H23N3O6S2. The van der Waals surface area contributed by atoms with E-state index in [9.17, 15) is 23.1 Å². The summed E-state index contributed by atoms with van der Waals surface area (Å²) in [4.78, 5) is 31.4. The van der Waals surface area contributed by atoms with Crippen molar-refractivity contribution in [3.8, 4) is 0 Å². The number of thiazole rings is 1. The van der Waals surface area contributed by atoms with Crippen molar-refractivity contribution in [2.75, 3.05) is 19.3 Å². The van der Waals surface area contributed by atoms with Gasteiger partial charge >= 0.3 is 12.0 Å². The van der Waals surface area contributed by atoms with Crippen LogP contribution in [-0.2, 0) is 32.2 Å². The third kappa shape index (κ3) is 5.15. The molecule has 2 heterocycles. The van der Waals surface area contributed by atoms with Crippen molar-refractivity contribution in [2.24, 2.45) is 5.92 Å². The monoisotopic (exact) mass is 405 g/mol. The Hall–Kier alpha value is -1.72. The van der Waals surface area contributed by atoms with Gasteiger partial charge in [-0.05, 0) is 5.92 Å². The van der Waals surface area contributed by atoms with Gasteiger partial charge in [0.2, 0.25) is 0 Å². The fraction of sp³-hybridized carbons (Fsp3) is 0.667. The molecule has 1 fully saturated rings. The third-order valence-electron chi connectivity index (χ3n) is 4.25. The zero-order valence-corrected chi connectivity index (χ0v) is 16.5. The van der Waals surface area contributed by atoms with Crippen LogP contribution >= 0.6 is 11.3 Å². The second-order valence-corrected chi connectivity index (χ2v) is 8.85. The van der Waals surface area contributed by atoms with Gasteiger partial charge in [-0.15, -0.1) is 11.3 Å². The molecule has 0 spiro atoms. The summed E-state index contributed by atoms with van der Waals surface area (Å²) in [5, 5.41) is 11.7. The summed E-state index contributed by atoms with van der Waals surface area (Å²) in [6.07, 6.45) is 1.63. The minimum Gasteiger partial charge on any atom is -0.480 e. The molecule has 11 heteroatoms. The lowest BCUT2D eigenvalue weighted by Crippen LogP contribution is -2.47. The highest BCUT2D eigenvalue weighted by molar-refractivity contribution is 7.85. The molecule has 1 aromatic heterocycles. The Morgan fingerprint density at radius 2 is 2.15 bits per heavy atom. The largest absolute Gasteiger partial charge is 0.480 e. The predicted molar refractivity (Wildman–Crippen MR) is 95.1 cm³/mol. The van der Waals surface area contributed by atoms with E-state index in [1.165, 1.54) is 16.2 Å². The van der Waals surface area contributed by atoms with Gasteiger partial charge in [0.1, 0.15) is 17.7 Å². The van der Waals surface area contributed by atoms with E-state index in [1.54, 1.807) is 10.3 Å². The molecule has 26 heavy (non-hydrogen) atoms. The van der Waals surface area contributed by atoms with Gasteiger partial charge in [-0.25, -0.2) is 14.6 Å². The molecule has 1 N–H and O–H groups in total. The SMILES string of the molecule is CC[C@H](C)[C@@H](C(=O)O)N1CCN(Cc2csc(COS(C)(=O)=O)n2)C1=O.